The number of hydrogen-bond donors (Lipinski definition) is 2. The van der Waals surface area contributed by atoms with Crippen LogP contribution in [0, 0.1) is 11.8 Å². The Morgan fingerprint density at radius 2 is 2.10 bits per heavy atom. The van der Waals surface area contributed by atoms with Gasteiger partial charge in [-0.15, -0.1) is 0 Å². The van der Waals surface area contributed by atoms with Crippen molar-refractivity contribution in [3.05, 3.63) is 0 Å². The van der Waals surface area contributed by atoms with Crippen LogP contribution < -0.4 is 5.32 Å². The molecule has 2 fully saturated rings. The van der Waals surface area contributed by atoms with E-state index in [-0.39, 0.29) is 18.4 Å². The van der Waals surface area contributed by atoms with Crippen LogP contribution in [0.1, 0.15) is 32.6 Å². The SMILES string of the molecule is COC(=O)C(C)(O)CN1CCCC(C(=O)NCC2CC2)C1. The van der Waals surface area contributed by atoms with Gasteiger partial charge in [0.15, 0.2) is 5.60 Å². The van der Waals surface area contributed by atoms with Crippen LogP contribution in [0.2, 0.25) is 0 Å². The van der Waals surface area contributed by atoms with Crippen LogP contribution in [0.5, 0.6) is 0 Å². The number of piperidine rings is 1. The molecule has 2 N–H and O–H groups in total. The first kappa shape index (κ1) is 16.2. The number of amides is 1. The summed E-state index contributed by atoms with van der Waals surface area (Å²) in [5.74, 6) is 0.0896. The molecule has 1 saturated carbocycles. The summed E-state index contributed by atoms with van der Waals surface area (Å²) in [6, 6.07) is 0. The van der Waals surface area contributed by atoms with Crippen molar-refractivity contribution in [2.75, 3.05) is 33.3 Å². The molecule has 1 saturated heterocycles. The Hall–Kier alpha value is -1.14. The van der Waals surface area contributed by atoms with Crippen LogP contribution >= 0.6 is 0 Å². The number of carbonyl (C=O) groups excluding carboxylic acids is 2. The second-order valence-corrected chi connectivity index (χ2v) is 6.53. The molecule has 1 aliphatic carbocycles. The molecule has 120 valence electrons. The number of methoxy groups -OCH3 is 1. The highest BCUT2D eigenvalue weighted by molar-refractivity contribution is 5.79. The first-order valence-electron chi connectivity index (χ1n) is 7.73. The molecule has 0 aromatic carbocycles. The maximum absolute atomic E-state index is 12.1. The van der Waals surface area contributed by atoms with E-state index >= 15 is 0 Å². The van der Waals surface area contributed by atoms with E-state index in [1.807, 2.05) is 4.90 Å². The van der Waals surface area contributed by atoms with Gasteiger partial charge in [-0.2, -0.15) is 0 Å². The number of rotatable bonds is 6. The first-order chi connectivity index (χ1) is 9.92. The van der Waals surface area contributed by atoms with Crippen LogP contribution in [0.4, 0.5) is 0 Å². The smallest absolute Gasteiger partial charge is 0.338 e. The minimum Gasteiger partial charge on any atom is -0.467 e. The number of esters is 1. The van der Waals surface area contributed by atoms with E-state index in [1.54, 1.807) is 0 Å². The van der Waals surface area contributed by atoms with E-state index in [2.05, 4.69) is 10.1 Å². The van der Waals surface area contributed by atoms with Gasteiger partial charge in [0.05, 0.1) is 13.0 Å². The summed E-state index contributed by atoms with van der Waals surface area (Å²) in [5, 5.41) is 13.1. The summed E-state index contributed by atoms with van der Waals surface area (Å²) in [6.45, 7) is 3.82. The molecule has 2 unspecified atom stereocenters. The standard InChI is InChI=1S/C15H26N2O4/c1-15(20,14(19)21-2)10-17-7-3-4-12(9-17)13(18)16-8-11-5-6-11/h11-12,20H,3-10H2,1-2H3,(H,16,18). The van der Waals surface area contributed by atoms with Gasteiger partial charge in [-0.1, -0.05) is 0 Å². The van der Waals surface area contributed by atoms with Crippen molar-refractivity contribution in [3.8, 4) is 0 Å². The largest absolute Gasteiger partial charge is 0.467 e. The van der Waals surface area contributed by atoms with Crippen molar-refractivity contribution in [2.45, 2.75) is 38.2 Å². The summed E-state index contributed by atoms with van der Waals surface area (Å²) in [6.07, 6.45) is 4.21. The molecular weight excluding hydrogens is 272 g/mol. The number of β-amino-alcohol motifs (C(OH)–C–C–N with tert-alkyl or cyclic N) is 1. The highest BCUT2D eigenvalue weighted by atomic mass is 16.5. The summed E-state index contributed by atoms with van der Waals surface area (Å²) in [4.78, 5) is 25.6. The number of aliphatic hydroxyl groups is 1. The van der Waals surface area contributed by atoms with Gasteiger partial charge in [0.1, 0.15) is 0 Å². The van der Waals surface area contributed by atoms with E-state index in [0.29, 0.717) is 12.5 Å². The third-order valence-electron chi connectivity index (χ3n) is 4.29. The van der Waals surface area contributed by atoms with Crippen LogP contribution in [-0.2, 0) is 14.3 Å². The van der Waals surface area contributed by atoms with Gasteiger partial charge in [-0.25, -0.2) is 4.79 Å². The lowest BCUT2D eigenvalue weighted by Gasteiger charge is -2.35. The van der Waals surface area contributed by atoms with E-state index < -0.39 is 11.6 Å². The molecule has 0 bridgehead atoms. The number of carbonyl (C=O) groups is 2. The molecule has 1 heterocycles. The Morgan fingerprint density at radius 3 is 2.71 bits per heavy atom. The van der Waals surface area contributed by atoms with Gasteiger partial charge in [0, 0.05) is 19.6 Å². The Balaban J connectivity index is 1.81. The topological polar surface area (TPSA) is 78.9 Å². The van der Waals surface area contributed by atoms with Gasteiger partial charge >= 0.3 is 5.97 Å². The first-order valence-corrected chi connectivity index (χ1v) is 7.73. The third kappa shape index (κ3) is 4.68. The van der Waals surface area contributed by atoms with Crippen LogP contribution in [0.3, 0.4) is 0 Å². The number of ether oxygens (including phenoxy) is 1. The molecular formula is C15H26N2O4. The van der Waals surface area contributed by atoms with Crippen molar-refractivity contribution in [2.24, 2.45) is 11.8 Å². The van der Waals surface area contributed by atoms with E-state index in [4.69, 9.17) is 0 Å². The Bertz CT molecular complexity index is 393. The van der Waals surface area contributed by atoms with Crippen LogP contribution in [-0.4, -0.2) is 60.8 Å². The molecule has 0 aromatic heterocycles. The Labute approximate surface area is 125 Å². The second kappa shape index (κ2) is 6.75. The summed E-state index contributed by atoms with van der Waals surface area (Å²) >= 11 is 0. The number of nitrogens with zero attached hydrogens (tertiary/aromatic N) is 1. The maximum atomic E-state index is 12.1. The van der Waals surface area contributed by atoms with Crippen molar-refractivity contribution in [1.29, 1.82) is 0 Å². The van der Waals surface area contributed by atoms with Gasteiger partial charge in [0.2, 0.25) is 5.91 Å². The number of hydrogen-bond acceptors (Lipinski definition) is 5. The summed E-state index contributed by atoms with van der Waals surface area (Å²) < 4.78 is 4.61. The minimum atomic E-state index is -1.53. The van der Waals surface area contributed by atoms with Crippen LogP contribution in [0.15, 0.2) is 0 Å². The molecule has 2 aliphatic rings. The molecule has 0 spiro atoms. The maximum Gasteiger partial charge on any atom is 0.338 e. The molecule has 2 atom stereocenters. The van der Waals surface area contributed by atoms with Crippen molar-refractivity contribution < 1.29 is 19.4 Å². The zero-order valence-corrected chi connectivity index (χ0v) is 12.9. The van der Waals surface area contributed by atoms with Crippen LogP contribution in [0.25, 0.3) is 0 Å². The predicted octanol–water partition coefficient (Wildman–Crippen LogP) is 0.149. The normalized spacial score (nSPS) is 26.0. The van der Waals surface area contributed by atoms with Crippen molar-refractivity contribution in [3.63, 3.8) is 0 Å². The minimum absolute atomic E-state index is 0.0500. The molecule has 6 heteroatoms. The summed E-state index contributed by atoms with van der Waals surface area (Å²) in [7, 11) is 1.27. The van der Waals surface area contributed by atoms with Crippen molar-refractivity contribution >= 4 is 11.9 Å². The van der Waals surface area contributed by atoms with Crippen molar-refractivity contribution in [1.82, 2.24) is 10.2 Å². The van der Waals surface area contributed by atoms with E-state index in [9.17, 15) is 14.7 Å². The Morgan fingerprint density at radius 1 is 1.38 bits per heavy atom. The fourth-order valence-electron chi connectivity index (χ4n) is 2.84. The molecule has 6 nitrogen and oxygen atoms in total. The quantitative estimate of drug-likeness (QED) is 0.682. The average molecular weight is 298 g/mol. The molecule has 1 amide bonds. The lowest BCUT2D eigenvalue weighted by Crippen LogP contribution is -2.51. The second-order valence-electron chi connectivity index (χ2n) is 6.53. The zero-order chi connectivity index (χ0) is 15.5. The Kier molecular flexibility index (Phi) is 5.22. The van der Waals surface area contributed by atoms with Gasteiger partial charge in [-0.05, 0) is 45.1 Å². The van der Waals surface area contributed by atoms with E-state index in [1.165, 1.54) is 26.9 Å². The molecule has 2 rings (SSSR count). The van der Waals surface area contributed by atoms with Gasteiger partial charge < -0.3 is 15.2 Å². The average Bonchev–Trinajstić information content (AvgIpc) is 3.27. The molecule has 21 heavy (non-hydrogen) atoms. The lowest BCUT2D eigenvalue weighted by atomic mass is 9.95. The molecule has 0 radical (unpaired) electrons. The lowest BCUT2D eigenvalue weighted by molar-refractivity contribution is -0.162. The molecule has 1 aliphatic heterocycles. The summed E-state index contributed by atoms with van der Waals surface area (Å²) in [5.41, 5.74) is -1.53. The fraction of sp³-hybridized carbons (Fsp3) is 0.867. The third-order valence-corrected chi connectivity index (χ3v) is 4.29. The van der Waals surface area contributed by atoms with E-state index in [0.717, 1.165) is 25.9 Å². The number of nitrogens with one attached hydrogen (secondary N) is 1. The predicted molar refractivity (Wildman–Crippen MR) is 77.5 cm³/mol. The monoisotopic (exact) mass is 298 g/mol. The van der Waals surface area contributed by atoms with Gasteiger partial charge in [-0.3, -0.25) is 9.69 Å². The highest BCUT2D eigenvalue weighted by Crippen LogP contribution is 2.28. The highest BCUT2D eigenvalue weighted by Gasteiger charge is 2.36. The van der Waals surface area contributed by atoms with Gasteiger partial charge in [0.25, 0.3) is 0 Å². The molecule has 0 aromatic rings. The fourth-order valence-corrected chi connectivity index (χ4v) is 2.84. The number of likely N-dealkylation sites (tertiary alicyclic amines) is 1. The zero-order valence-electron chi connectivity index (χ0n) is 12.9.